The molecule has 0 aliphatic heterocycles. The topological polar surface area (TPSA) is 83.8 Å². The number of carboxylic acid groups (broad SMARTS) is 1. The van der Waals surface area contributed by atoms with Crippen LogP contribution in [0.4, 0.5) is 0 Å². The third kappa shape index (κ3) is 5.31. The quantitative estimate of drug-likeness (QED) is 0.521. The van der Waals surface area contributed by atoms with Gasteiger partial charge < -0.3 is 14.9 Å². The first-order valence-corrected chi connectivity index (χ1v) is 4.75. The molecule has 0 spiro atoms. The Morgan fingerprint density at radius 3 is 2.44 bits per heavy atom. The van der Waals surface area contributed by atoms with Crippen LogP contribution >= 0.6 is 0 Å². The molecule has 0 aliphatic rings. The van der Waals surface area contributed by atoms with E-state index in [9.17, 15) is 14.7 Å². The van der Waals surface area contributed by atoms with Crippen molar-refractivity contribution in [2.45, 2.75) is 26.4 Å². The standard InChI is InChI=1S/C11H16O5/c1-4-10(13)16-6-9(12)5-7(2)8(3)11(14)15/h4,9,12H,1,5-6H2,2-3H3,(H,14,15). The summed E-state index contributed by atoms with van der Waals surface area (Å²) >= 11 is 0. The van der Waals surface area contributed by atoms with Crippen molar-refractivity contribution in [2.75, 3.05) is 6.61 Å². The zero-order valence-corrected chi connectivity index (χ0v) is 9.40. The fraction of sp³-hybridized carbons (Fsp3) is 0.455. The van der Waals surface area contributed by atoms with Crippen LogP contribution in [0, 0.1) is 0 Å². The Balaban J connectivity index is 4.19. The minimum absolute atomic E-state index is 0.155. The van der Waals surface area contributed by atoms with Crippen LogP contribution in [0.25, 0.3) is 0 Å². The lowest BCUT2D eigenvalue weighted by Gasteiger charge is -2.11. The predicted molar refractivity (Wildman–Crippen MR) is 57.8 cm³/mol. The normalized spacial score (nSPS) is 13.7. The van der Waals surface area contributed by atoms with E-state index in [2.05, 4.69) is 11.3 Å². The lowest BCUT2D eigenvalue weighted by atomic mass is 10.1. The van der Waals surface area contributed by atoms with Crippen LogP contribution in [0.3, 0.4) is 0 Å². The van der Waals surface area contributed by atoms with Gasteiger partial charge in [-0.2, -0.15) is 0 Å². The minimum Gasteiger partial charge on any atom is -0.478 e. The lowest BCUT2D eigenvalue weighted by Crippen LogP contribution is -2.18. The summed E-state index contributed by atoms with van der Waals surface area (Å²) in [6.45, 7) is 6.11. The van der Waals surface area contributed by atoms with E-state index in [0.29, 0.717) is 5.57 Å². The molecular formula is C11H16O5. The number of carboxylic acids is 1. The van der Waals surface area contributed by atoms with Crippen molar-refractivity contribution in [1.82, 2.24) is 0 Å². The molecule has 5 nitrogen and oxygen atoms in total. The van der Waals surface area contributed by atoms with Crippen LogP contribution in [0.1, 0.15) is 20.3 Å². The average molecular weight is 228 g/mol. The van der Waals surface area contributed by atoms with E-state index in [1.807, 2.05) is 0 Å². The van der Waals surface area contributed by atoms with Crippen LogP contribution in [0.2, 0.25) is 0 Å². The van der Waals surface area contributed by atoms with E-state index < -0.39 is 18.0 Å². The summed E-state index contributed by atoms with van der Waals surface area (Å²) in [5, 5.41) is 18.1. The molecule has 1 atom stereocenters. The molecule has 5 heteroatoms. The monoisotopic (exact) mass is 228 g/mol. The highest BCUT2D eigenvalue weighted by atomic mass is 16.5. The second-order valence-corrected chi connectivity index (χ2v) is 3.40. The van der Waals surface area contributed by atoms with Gasteiger partial charge in [0, 0.05) is 11.6 Å². The van der Waals surface area contributed by atoms with Crippen molar-refractivity contribution < 1.29 is 24.5 Å². The Morgan fingerprint density at radius 2 is 2.00 bits per heavy atom. The summed E-state index contributed by atoms with van der Waals surface area (Å²) in [5.74, 6) is -1.64. The first-order chi connectivity index (χ1) is 7.38. The van der Waals surface area contributed by atoms with Crippen molar-refractivity contribution in [1.29, 1.82) is 0 Å². The summed E-state index contributed by atoms with van der Waals surface area (Å²) in [6.07, 6.45) is 0.249. The molecule has 0 aromatic carbocycles. The van der Waals surface area contributed by atoms with E-state index in [1.54, 1.807) is 6.92 Å². The fourth-order valence-corrected chi connectivity index (χ4v) is 0.985. The molecule has 0 saturated heterocycles. The Hall–Kier alpha value is -1.62. The van der Waals surface area contributed by atoms with Crippen molar-refractivity contribution in [2.24, 2.45) is 0 Å². The molecule has 1 unspecified atom stereocenters. The first kappa shape index (κ1) is 14.4. The number of hydrogen-bond donors (Lipinski definition) is 2. The first-order valence-electron chi connectivity index (χ1n) is 4.75. The number of aliphatic hydroxyl groups excluding tert-OH is 1. The number of carbonyl (C=O) groups excluding carboxylic acids is 1. The molecule has 0 aromatic heterocycles. The largest absolute Gasteiger partial charge is 0.478 e. The van der Waals surface area contributed by atoms with Gasteiger partial charge in [0.1, 0.15) is 6.61 Å². The summed E-state index contributed by atoms with van der Waals surface area (Å²) in [6, 6.07) is 0. The summed E-state index contributed by atoms with van der Waals surface area (Å²) in [7, 11) is 0. The molecule has 0 aliphatic carbocycles. The van der Waals surface area contributed by atoms with Gasteiger partial charge in [-0.15, -0.1) is 0 Å². The highest BCUT2D eigenvalue weighted by Crippen LogP contribution is 2.11. The average Bonchev–Trinajstić information content (AvgIpc) is 2.24. The highest BCUT2D eigenvalue weighted by molar-refractivity contribution is 5.86. The van der Waals surface area contributed by atoms with E-state index >= 15 is 0 Å². The number of hydrogen-bond acceptors (Lipinski definition) is 4. The van der Waals surface area contributed by atoms with Gasteiger partial charge in [0.25, 0.3) is 0 Å². The third-order valence-corrected chi connectivity index (χ3v) is 2.09. The van der Waals surface area contributed by atoms with Crippen LogP contribution in [0.15, 0.2) is 23.8 Å². The van der Waals surface area contributed by atoms with E-state index in [0.717, 1.165) is 6.08 Å². The van der Waals surface area contributed by atoms with Crippen molar-refractivity contribution in [3.63, 3.8) is 0 Å². The molecule has 0 fully saturated rings. The number of aliphatic hydroxyl groups is 1. The van der Waals surface area contributed by atoms with E-state index in [4.69, 9.17) is 5.11 Å². The minimum atomic E-state index is -1.02. The molecule has 2 N–H and O–H groups in total. The van der Waals surface area contributed by atoms with E-state index in [1.165, 1.54) is 6.92 Å². The molecule has 0 saturated carbocycles. The van der Waals surface area contributed by atoms with Gasteiger partial charge in [0.2, 0.25) is 0 Å². The van der Waals surface area contributed by atoms with Crippen molar-refractivity contribution in [3.05, 3.63) is 23.8 Å². The Kier molecular flexibility index (Phi) is 6.10. The van der Waals surface area contributed by atoms with Gasteiger partial charge in [-0.3, -0.25) is 0 Å². The van der Waals surface area contributed by atoms with Gasteiger partial charge in [0.15, 0.2) is 0 Å². The third-order valence-electron chi connectivity index (χ3n) is 2.09. The predicted octanol–water partition coefficient (Wildman–Crippen LogP) is 0.888. The van der Waals surface area contributed by atoms with Gasteiger partial charge >= 0.3 is 11.9 Å². The smallest absolute Gasteiger partial charge is 0.331 e. The zero-order valence-electron chi connectivity index (χ0n) is 9.40. The number of rotatable bonds is 6. The SMILES string of the molecule is C=CC(=O)OCC(O)CC(C)=C(C)C(=O)O. The van der Waals surface area contributed by atoms with Gasteiger partial charge in [-0.25, -0.2) is 9.59 Å². The van der Waals surface area contributed by atoms with Crippen molar-refractivity contribution >= 4 is 11.9 Å². The molecule has 90 valence electrons. The fourth-order valence-electron chi connectivity index (χ4n) is 0.985. The Labute approximate surface area is 94.0 Å². The van der Waals surface area contributed by atoms with Crippen LogP contribution in [-0.4, -0.2) is 34.9 Å². The molecule has 0 radical (unpaired) electrons. The summed E-state index contributed by atoms with van der Waals surface area (Å²) in [4.78, 5) is 21.3. The van der Waals surface area contributed by atoms with Gasteiger partial charge in [0.05, 0.1) is 6.10 Å². The second-order valence-electron chi connectivity index (χ2n) is 3.40. The molecule has 0 bridgehead atoms. The number of aliphatic carboxylic acids is 1. The van der Waals surface area contributed by atoms with Gasteiger partial charge in [-0.1, -0.05) is 12.2 Å². The number of esters is 1. The maximum Gasteiger partial charge on any atom is 0.331 e. The second kappa shape index (κ2) is 6.79. The summed E-state index contributed by atoms with van der Waals surface area (Å²) in [5.41, 5.74) is 0.740. The van der Waals surface area contributed by atoms with Crippen molar-refractivity contribution in [3.8, 4) is 0 Å². The molecule has 0 aromatic rings. The maximum atomic E-state index is 10.7. The molecule has 0 heterocycles. The van der Waals surface area contributed by atoms with Crippen LogP contribution < -0.4 is 0 Å². The van der Waals surface area contributed by atoms with Gasteiger partial charge in [-0.05, 0) is 20.3 Å². The van der Waals surface area contributed by atoms with Crippen LogP contribution in [-0.2, 0) is 14.3 Å². The zero-order chi connectivity index (χ0) is 12.7. The summed E-state index contributed by atoms with van der Waals surface area (Å²) < 4.78 is 4.62. The molecule has 16 heavy (non-hydrogen) atoms. The van der Waals surface area contributed by atoms with Crippen LogP contribution in [0.5, 0.6) is 0 Å². The number of carbonyl (C=O) groups is 2. The lowest BCUT2D eigenvalue weighted by molar-refractivity contribution is -0.140. The van der Waals surface area contributed by atoms with E-state index in [-0.39, 0.29) is 18.6 Å². The molecular weight excluding hydrogens is 212 g/mol. The maximum absolute atomic E-state index is 10.7. The molecule has 0 amide bonds. The Bertz CT molecular complexity index is 316. The number of ether oxygens (including phenoxy) is 1. The molecule has 0 rings (SSSR count). The highest BCUT2D eigenvalue weighted by Gasteiger charge is 2.11. The Morgan fingerprint density at radius 1 is 1.44 bits per heavy atom.